The predicted molar refractivity (Wildman–Crippen MR) is 97.7 cm³/mol. The lowest BCUT2D eigenvalue weighted by atomic mass is 10.1. The van der Waals surface area contributed by atoms with E-state index >= 15 is 0 Å². The highest BCUT2D eigenvalue weighted by atomic mass is 35.5. The second-order valence-electron chi connectivity index (χ2n) is 5.99. The van der Waals surface area contributed by atoms with Crippen molar-refractivity contribution in [3.8, 4) is 11.3 Å². The zero-order valence-electron chi connectivity index (χ0n) is 13.6. The summed E-state index contributed by atoms with van der Waals surface area (Å²) in [5, 5.41) is 3.72. The minimum Gasteiger partial charge on any atom is -0.301 e. The van der Waals surface area contributed by atoms with Gasteiger partial charge in [0.15, 0.2) is 5.65 Å². The first-order chi connectivity index (χ1) is 12.8. The van der Waals surface area contributed by atoms with Gasteiger partial charge in [0.1, 0.15) is 5.82 Å². The summed E-state index contributed by atoms with van der Waals surface area (Å²) in [4.78, 5) is 4.46. The van der Waals surface area contributed by atoms with Crippen molar-refractivity contribution in [2.24, 2.45) is 0 Å². The lowest BCUT2D eigenvalue weighted by Gasteiger charge is -2.10. The maximum Gasteiger partial charge on any atom is 0.417 e. The number of hydrogen-bond donors (Lipinski definition) is 0. The second kappa shape index (κ2) is 6.65. The maximum atomic E-state index is 13.3. The summed E-state index contributed by atoms with van der Waals surface area (Å²) in [6, 6.07) is 8.44. The van der Waals surface area contributed by atoms with E-state index in [-0.39, 0.29) is 10.7 Å². The van der Waals surface area contributed by atoms with Crippen molar-refractivity contribution in [1.29, 1.82) is 0 Å². The zero-order valence-corrected chi connectivity index (χ0v) is 15.2. The molecule has 4 rings (SSSR count). The molecule has 138 valence electrons. The third-order valence-corrected chi connectivity index (χ3v) is 5.18. The van der Waals surface area contributed by atoms with E-state index in [0.29, 0.717) is 23.4 Å². The van der Waals surface area contributed by atoms with Crippen LogP contribution in [0.3, 0.4) is 0 Å². The van der Waals surface area contributed by atoms with E-state index in [1.807, 2.05) is 16.8 Å². The molecule has 0 aliphatic heterocycles. The molecule has 27 heavy (non-hydrogen) atoms. The van der Waals surface area contributed by atoms with E-state index in [9.17, 15) is 17.6 Å². The van der Waals surface area contributed by atoms with Crippen molar-refractivity contribution < 1.29 is 17.6 Å². The Kier molecular flexibility index (Phi) is 4.44. The van der Waals surface area contributed by atoms with Gasteiger partial charge in [0, 0.05) is 18.2 Å². The molecule has 2 nitrogen and oxygen atoms in total. The average Bonchev–Trinajstić information content (AvgIpc) is 3.24. The van der Waals surface area contributed by atoms with E-state index in [2.05, 4.69) is 4.98 Å². The van der Waals surface area contributed by atoms with Gasteiger partial charge in [-0.2, -0.15) is 24.5 Å². The van der Waals surface area contributed by atoms with E-state index < -0.39 is 17.6 Å². The number of hydrogen-bond acceptors (Lipinski definition) is 2. The fourth-order valence-electron chi connectivity index (χ4n) is 2.90. The first-order valence-corrected chi connectivity index (χ1v) is 9.19. The van der Waals surface area contributed by atoms with Gasteiger partial charge in [0.2, 0.25) is 0 Å². The molecule has 0 fully saturated rings. The predicted octanol–water partition coefficient (Wildman–Crippen LogP) is 6.46. The van der Waals surface area contributed by atoms with E-state index in [1.54, 1.807) is 12.1 Å². The average molecular weight is 411 g/mol. The third kappa shape index (κ3) is 3.44. The van der Waals surface area contributed by atoms with Crippen LogP contribution in [0.2, 0.25) is 5.02 Å². The fourth-order valence-corrected chi connectivity index (χ4v) is 3.82. The van der Waals surface area contributed by atoms with Gasteiger partial charge in [-0.1, -0.05) is 11.6 Å². The number of benzene rings is 1. The number of rotatable bonds is 3. The molecule has 1 aromatic carbocycles. The van der Waals surface area contributed by atoms with Gasteiger partial charge < -0.3 is 4.40 Å². The number of pyridine rings is 1. The summed E-state index contributed by atoms with van der Waals surface area (Å²) >= 11 is 7.60. The maximum absolute atomic E-state index is 13.3. The molecule has 0 bridgehead atoms. The van der Waals surface area contributed by atoms with E-state index in [0.717, 1.165) is 17.8 Å². The number of halogens is 5. The highest BCUT2D eigenvalue weighted by Crippen LogP contribution is 2.35. The van der Waals surface area contributed by atoms with Crippen LogP contribution in [0.25, 0.3) is 16.9 Å². The molecular formula is C19H11ClF4N2S. The zero-order chi connectivity index (χ0) is 19.2. The van der Waals surface area contributed by atoms with Crippen LogP contribution < -0.4 is 0 Å². The van der Waals surface area contributed by atoms with Crippen molar-refractivity contribution in [1.82, 2.24) is 9.38 Å². The monoisotopic (exact) mass is 410 g/mol. The third-order valence-electron chi connectivity index (χ3n) is 4.17. The molecule has 0 unspecified atom stereocenters. The number of imidazole rings is 1. The number of thiophene rings is 1. The van der Waals surface area contributed by atoms with Gasteiger partial charge in [0.25, 0.3) is 0 Å². The SMILES string of the molecule is Fc1ccc(-c2nc3c(Cl)cc(C(F)(F)F)cn3c2Cc2ccsc2)cc1. The molecule has 0 aliphatic rings. The lowest BCUT2D eigenvalue weighted by molar-refractivity contribution is -0.137. The van der Waals surface area contributed by atoms with Crippen molar-refractivity contribution in [2.45, 2.75) is 12.6 Å². The molecule has 4 aromatic rings. The van der Waals surface area contributed by atoms with Gasteiger partial charge in [-0.25, -0.2) is 9.37 Å². The highest BCUT2D eigenvalue weighted by molar-refractivity contribution is 7.07. The van der Waals surface area contributed by atoms with E-state index in [4.69, 9.17) is 11.6 Å². The van der Waals surface area contributed by atoms with Crippen molar-refractivity contribution in [2.75, 3.05) is 0 Å². The topological polar surface area (TPSA) is 17.3 Å². The van der Waals surface area contributed by atoms with Crippen molar-refractivity contribution in [3.63, 3.8) is 0 Å². The fraction of sp³-hybridized carbons (Fsp3) is 0.105. The Morgan fingerprint density at radius 2 is 1.85 bits per heavy atom. The Balaban J connectivity index is 1.98. The van der Waals surface area contributed by atoms with Crippen LogP contribution in [0.5, 0.6) is 0 Å². The molecular weight excluding hydrogens is 400 g/mol. The summed E-state index contributed by atoms with van der Waals surface area (Å²) in [5.41, 5.74) is 1.96. The van der Waals surface area contributed by atoms with E-state index in [1.165, 1.54) is 27.9 Å². The number of nitrogens with zero attached hydrogens (tertiary/aromatic N) is 2. The van der Waals surface area contributed by atoms with Crippen molar-refractivity contribution >= 4 is 28.6 Å². The molecule has 0 amide bonds. The molecule has 0 saturated heterocycles. The molecule has 0 saturated carbocycles. The van der Waals surface area contributed by atoms with Crippen LogP contribution in [-0.4, -0.2) is 9.38 Å². The summed E-state index contributed by atoms with van der Waals surface area (Å²) in [6.45, 7) is 0. The largest absolute Gasteiger partial charge is 0.417 e. The van der Waals surface area contributed by atoms with Crippen LogP contribution in [0.1, 0.15) is 16.8 Å². The molecule has 0 N–H and O–H groups in total. The second-order valence-corrected chi connectivity index (χ2v) is 7.18. The molecule has 0 spiro atoms. The molecule has 0 aliphatic carbocycles. The first kappa shape index (κ1) is 18.0. The van der Waals surface area contributed by atoms with Crippen LogP contribution in [0.15, 0.2) is 53.4 Å². The van der Waals surface area contributed by atoms with Crippen LogP contribution in [0.4, 0.5) is 17.6 Å². The molecule has 0 atom stereocenters. The smallest absolute Gasteiger partial charge is 0.301 e. The van der Waals surface area contributed by atoms with Crippen molar-refractivity contribution in [3.05, 3.63) is 81.0 Å². The summed E-state index contributed by atoms with van der Waals surface area (Å²) in [5.74, 6) is -0.403. The normalized spacial score (nSPS) is 12.0. The number of alkyl halides is 3. The molecule has 8 heteroatoms. The molecule has 3 aromatic heterocycles. The number of aromatic nitrogens is 2. The van der Waals surface area contributed by atoms with Gasteiger partial charge in [-0.15, -0.1) is 0 Å². The lowest BCUT2D eigenvalue weighted by Crippen LogP contribution is -2.07. The molecule has 0 radical (unpaired) electrons. The van der Waals surface area contributed by atoms with Crippen LogP contribution >= 0.6 is 22.9 Å². The summed E-state index contributed by atoms with van der Waals surface area (Å²) in [7, 11) is 0. The quantitative estimate of drug-likeness (QED) is 0.354. The van der Waals surface area contributed by atoms with Crippen LogP contribution in [0, 0.1) is 5.82 Å². The van der Waals surface area contributed by atoms with Gasteiger partial charge in [-0.3, -0.25) is 0 Å². The Morgan fingerprint density at radius 3 is 2.48 bits per heavy atom. The summed E-state index contributed by atoms with van der Waals surface area (Å²) < 4.78 is 54.4. The minimum atomic E-state index is -4.53. The number of fused-ring (bicyclic) bond motifs is 1. The van der Waals surface area contributed by atoms with Gasteiger partial charge in [0.05, 0.1) is 22.0 Å². The first-order valence-electron chi connectivity index (χ1n) is 7.87. The Hall–Kier alpha value is -2.38. The minimum absolute atomic E-state index is 0.0928. The standard InChI is InChI=1S/C19H11ClF4N2S/c20-15-8-13(19(22,23)24)9-26-16(7-11-5-6-27-10-11)17(25-18(15)26)12-1-3-14(21)4-2-12/h1-6,8-10H,7H2. The Labute approximate surface area is 160 Å². The highest BCUT2D eigenvalue weighted by Gasteiger charge is 2.32. The Morgan fingerprint density at radius 1 is 1.11 bits per heavy atom. The summed E-state index contributed by atoms with van der Waals surface area (Å²) in [6.07, 6.45) is -3.16. The molecule has 3 heterocycles. The van der Waals surface area contributed by atoms with Gasteiger partial charge >= 0.3 is 6.18 Å². The van der Waals surface area contributed by atoms with Crippen LogP contribution in [-0.2, 0) is 12.6 Å². The van der Waals surface area contributed by atoms with Gasteiger partial charge in [-0.05, 0) is 52.7 Å². The Bertz CT molecular complexity index is 1100.